The third-order valence-corrected chi connectivity index (χ3v) is 3.36. The van der Waals surface area contributed by atoms with Gasteiger partial charge in [-0.2, -0.15) is 0 Å². The van der Waals surface area contributed by atoms with Crippen molar-refractivity contribution in [2.45, 2.75) is 65.1 Å². The molecule has 0 unspecified atom stereocenters. The van der Waals surface area contributed by atoms with Crippen molar-refractivity contribution in [1.29, 1.82) is 0 Å². The van der Waals surface area contributed by atoms with Crippen LogP contribution < -0.4 is 11.1 Å². The van der Waals surface area contributed by atoms with Crippen LogP contribution >= 0.6 is 0 Å². The highest BCUT2D eigenvalue weighted by molar-refractivity contribution is 4.67. The number of likely N-dealkylation sites (N-methyl/N-ethyl adjacent to an activating group) is 1. The fourth-order valence-corrected chi connectivity index (χ4v) is 1.63. The Balaban J connectivity index is 3.50. The van der Waals surface area contributed by atoms with Crippen LogP contribution in [0.25, 0.3) is 0 Å². The highest BCUT2D eigenvalue weighted by atomic mass is 15.1. The molecule has 0 aliphatic rings. The minimum atomic E-state index is 0.326. The number of nitrogens with one attached hydrogen (secondary N) is 1. The second-order valence-electron chi connectivity index (χ2n) is 5.15. The fraction of sp³-hybridized carbons (Fsp3) is 1.00. The first-order chi connectivity index (χ1) is 7.47. The van der Waals surface area contributed by atoms with Crippen LogP contribution in [-0.4, -0.2) is 43.2 Å². The van der Waals surface area contributed by atoms with Crippen molar-refractivity contribution in [3.63, 3.8) is 0 Å². The zero-order valence-corrected chi connectivity index (χ0v) is 11.8. The molecular weight excluding hydrogens is 198 g/mol. The number of hydrogen-bond acceptors (Lipinski definition) is 3. The largest absolute Gasteiger partial charge is 0.328 e. The van der Waals surface area contributed by atoms with E-state index in [0.717, 1.165) is 19.5 Å². The molecule has 0 spiro atoms. The molecule has 0 saturated carbocycles. The quantitative estimate of drug-likeness (QED) is 0.634. The molecule has 3 heteroatoms. The molecule has 0 saturated heterocycles. The van der Waals surface area contributed by atoms with Crippen molar-refractivity contribution in [1.82, 2.24) is 10.2 Å². The van der Waals surface area contributed by atoms with Gasteiger partial charge in [-0.3, -0.25) is 0 Å². The van der Waals surface area contributed by atoms with Crippen molar-refractivity contribution >= 4 is 0 Å². The van der Waals surface area contributed by atoms with Gasteiger partial charge in [0.05, 0.1) is 0 Å². The van der Waals surface area contributed by atoms with E-state index in [1.54, 1.807) is 0 Å². The van der Waals surface area contributed by atoms with E-state index in [2.05, 4.69) is 45.0 Å². The molecule has 0 aromatic heterocycles. The average Bonchev–Trinajstić information content (AvgIpc) is 2.24. The molecule has 0 bridgehead atoms. The lowest BCUT2D eigenvalue weighted by atomic mass is 10.1. The molecule has 16 heavy (non-hydrogen) atoms. The molecule has 0 aliphatic carbocycles. The Morgan fingerprint density at radius 3 is 2.31 bits per heavy atom. The molecule has 98 valence electrons. The fourth-order valence-electron chi connectivity index (χ4n) is 1.63. The van der Waals surface area contributed by atoms with Gasteiger partial charge < -0.3 is 16.0 Å². The van der Waals surface area contributed by atoms with Crippen LogP contribution in [0.5, 0.6) is 0 Å². The summed E-state index contributed by atoms with van der Waals surface area (Å²) >= 11 is 0. The molecular formula is C13H31N3. The maximum Gasteiger partial charge on any atom is 0.0107 e. The molecule has 0 amide bonds. The summed E-state index contributed by atoms with van der Waals surface area (Å²) in [5.74, 6) is 0. The standard InChI is InChI=1S/C13H31N3/c1-6-13(4)16(5)10-9-15-12(3)8-7-11(2)14/h11-13,15H,6-10,14H2,1-5H3/t11-,12+,13+/m1/s1. The first-order valence-electron chi connectivity index (χ1n) is 6.66. The summed E-state index contributed by atoms with van der Waals surface area (Å²) in [4.78, 5) is 2.41. The molecule has 3 atom stereocenters. The van der Waals surface area contributed by atoms with E-state index in [1.807, 2.05) is 0 Å². The molecule has 0 aliphatic heterocycles. The van der Waals surface area contributed by atoms with Crippen LogP contribution in [0, 0.1) is 0 Å². The average molecular weight is 229 g/mol. The van der Waals surface area contributed by atoms with E-state index in [0.29, 0.717) is 18.1 Å². The predicted molar refractivity (Wildman–Crippen MR) is 72.7 cm³/mol. The molecule has 0 fully saturated rings. The molecule has 0 rings (SSSR count). The maximum atomic E-state index is 5.74. The smallest absolute Gasteiger partial charge is 0.0107 e. The van der Waals surface area contributed by atoms with Gasteiger partial charge in [0.25, 0.3) is 0 Å². The van der Waals surface area contributed by atoms with Gasteiger partial charge in [-0.25, -0.2) is 0 Å². The number of rotatable bonds is 9. The lowest BCUT2D eigenvalue weighted by molar-refractivity contribution is 0.248. The first-order valence-corrected chi connectivity index (χ1v) is 6.66. The van der Waals surface area contributed by atoms with Crippen LogP contribution in [0.2, 0.25) is 0 Å². The minimum Gasteiger partial charge on any atom is -0.328 e. The first kappa shape index (κ1) is 15.9. The summed E-state index contributed by atoms with van der Waals surface area (Å²) in [6.45, 7) is 11.0. The summed E-state index contributed by atoms with van der Waals surface area (Å²) in [5.41, 5.74) is 5.74. The summed E-state index contributed by atoms with van der Waals surface area (Å²) in [7, 11) is 2.20. The van der Waals surface area contributed by atoms with Crippen molar-refractivity contribution in [2.75, 3.05) is 20.1 Å². The Morgan fingerprint density at radius 1 is 1.19 bits per heavy atom. The minimum absolute atomic E-state index is 0.326. The summed E-state index contributed by atoms with van der Waals surface area (Å²) in [6, 6.07) is 1.59. The monoisotopic (exact) mass is 229 g/mol. The predicted octanol–water partition coefficient (Wildman–Crippen LogP) is 1.82. The van der Waals surface area contributed by atoms with Gasteiger partial charge >= 0.3 is 0 Å². The van der Waals surface area contributed by atoms with Crippen LogP contribution in [0.3, 0.4) is 0 Å². The van der Waals surface area contributed by atoms with Crippen LogP contribution in [0.1, 0.15) is 47.0 Å². The van der Waals surface area contributed by atoms with E-state index in [1.165, 1.54) is 12.8 Å². The lowest BCUT2D eigenvalue weighted by Gasteiger charge is -2.24. The van der Waals surface area contributed by atoms with Crippen LogP contribution in [0.15, 0.2) is 0 Å². The normalized spacial score (nSPS) is 17.4. The summed E-state index contributed by atoms with van der Waals surface area (Å²) in [5, 5.41) is 3.55. The van der Waals surface area contributed by atoms with Gasteiger partial charge in [0, 0.05) is 31.2 Å². The van der Waals surface area contributed by atoms with Crippen molar-refractivity contribution < 1.29 is 0 Å². The van der Waals surface area contributed by atoms with Gasteiger partial charge in [-0.05, 0) is 47.1 Å². The molecule has 3 nitrogen and oxygen atoms in total. The van der Waals surface area contributed by atoms with E-state index in [4.69, 9.17) is 5.73 Å². The molecule has 0 aromatic rings. The van der Waals surface area contributed by atoms with E-state index in [-0.39, 0.29) is 0 Å². The SMILES string of the molecule is CC[C@H](C)N(C)CCN[C@@H](C)CC[C@@H](C)N. The number of nitrogens with zero attached hydrogens (tertiary/aromatic N) is 1. The number of hydrogen-bond donors (Lipinski definition) is 2. The topological polar surface area (TPSA) is 41.3 Å². The van der Waals surface area contributed by atoms with E-state index >= 15 is 0 Å². The Morgan fingerprint density at radius 2 is 1.81 bits per heavy atom. The lowest BCUT2D eigenvalue weighted by Crippen LogP contribution is -2.38. The van der Waals surface area contributed by atoms with Gasteiger partial charge in [0.15, 0.2) is 0 Å². The zero-order valence-electron chi connectivity index (χ0n) is 11.8. The third kappa shape index (κ3) is 8.08. The molecule has 0 heterocycles. The second-order valence-corrected chi connectivity index (χ2v) is 5.15. The van der Waals surface area contributed by atoms with Crippen molar-refractivity contribution in [3.05, 3.63) is 0 Å². The van der Waals surface area contributed by atoms with Crippen molar-refractivity contribution in [3.8, 4) is 0 Å². The van der Waals surface area contributed by atoms with Gasteiger partial charge in [0.1, 0.15) is 0 Å². The second kappa shape index (κ2) is 8.97. The van der Waals surface area contributed by atoms with Gasteiger partial charge in [-0.15, -0.1) is 0 Å². The Labute approximate surface area is 102 Å². The van der Waals surface area contributed by atoms with Crippen molar-refractivity contribution in [2.24, 2.45) is 5.73 Å². The van der Waals surface area contributed by atoms with E-state index in [9.17, 15) is 0 Å². The molecule has 0 aromatic carbocycles. The molecule has 0 radical (unpaired) electrons. The molecule has 3 N–H and O–H groups in total. The zero-order chi connectivity index (χ0) is 12.6. The van der Waals surface area contributed by atoms with Gasteiger partial charge in [0.2, 0.25) is 0 Å². The van der Waals surface area contributed by atoms with Gasteiger partial charge in [-0.1, -0.05) is 6.92 Å². The Kier molecular flexibility index (Phi) is 8.90. The highest BCUT2D eigenvalue weighted by Gasteiger charge is 2.07. The summed E-state index contributed by atoms with van der Waals surface area (Å²) in [6.07, 6.45) is 3.50. The number of nitrogens with two attached hydrogens (primary N) is 1. The van der Waals surface area contributed by atoms with Crippen LogP contribution in [0.4, 0.5) is 0 Å². The van der Waals surface area contributed by atoms with E-state index < -0.39 is 0 Å². The highest BCUT2D eigenvalue weighted by Crippen LogP contribution is 2.00. The summed E-state index contributed by atoms with van der Waals surface area (Å²) < 4.78 is 0. The Bertz CT molecular complexity index is 159. The third-order valence-electron chi connectivity index (χ3n) is 3.36. The maximum absolute atomic E-state index is 5.74. The van der Waals surface area contributed by atoms with Crippen LogP contribution in [-0.2, 0) is 0 Å². The Hall–Kier alpha value is -0.120.